The maximum Gasteiger partial charge on any atom is 0.257 e. The molecule has 0 aromatic carbocycles. The highest BCUT2D eigenvalue weighted by Crippen LogP contribution is 2.26. The Hall–Kier alpha value is -1.93. The number of likely N-dealkylation sites (N-methyl/N-ethyl adjacent to an activating group) is 1. The van der Waals surface area contributed by atoms with Crippen molar-refractivity contribution in [1.82, 2.24) is 29.4 Å². The Bertz CT molecular complexity index is 719. The van der Waals surface area contributed by atoms with E-state index in [4.69, 9.17) is 0 Å². The third-order valence-corrected chi connectivity index (χ3v) is 6.84. The molecule has 3 fully saturated rings. The second-order valence-electron chi connectivity index (χ2n) is 8.89. The first-order valence-electron chi connectivity index (χ1n) is 11.0. The number of hydrogen-bond donors (Lipinski definition) is 0. The minimum atomic E-state index is 0.0818. The predicted molar refractivity (Wildman–Crippen MR) is 111 cm³/mol. The number of carbonyl (C=O) groups is 2. The molecule has 0 N–H and O–H groups in total. The highest BCUT2D eigenvalue weighted by molar-refractivity contribution is 5.93. The second kappa shape index (κ2) is 8.83. The van der Waals surface area contributed by atoms with Crippen molar-refractivity contribution < 1.29 is 9.59 Å². The molecule has 1 unspecified atom stereocenters. The number of piperidine rings is 2. The van der Waals surface area contributed by atoms with Crippen molar-refractivity contribution in [3.8, 4) is 0 Å². The zero-order valence-electron chi connectivity index (χ0n) is 17.8. The molecule has 8 nitrogen and oxygen atoms in total. The van der Waals surface area contributed by atoms with Crippen molar-refractivity contribution in [3.05, 3.63) is 18.0 Å². The van der Waals surface area contributed by atoms with Crippen LogP contribution in [0.2, 0.25) is 0 Å². The fourth-order valence-corrected chi connectivity index (χ4v) is 4.97. The lowest BCUT2D eigenvalue weighted by atomic mass is 9.92. The summed E-state index contributed by atoms with van der Waals surface area (Å²) in [6.45, 7) is 7.20. The average molecular weight is 403 g/mol. The molecule has 4 heterocycles. The van der Waals surface area contributed by atoms with E-state index >= 15 is 0 Å². The number of rotatable bonds is 3. The van der Waals surface area contributed by atoms with Gasteiger partial charge in [-0.1, -0.05) is 0 Å². The lowest BCUT2D eigenvalue weighted by Crippen LogP contribution is -2.54. The maximum atomic E-state index is 13.0. The number of amides is 2. The number of aryl methyl sites for hydroxylation is 1. The molecule has 1 aromatic rings. The van der Waals surface area contributed by atoms with E-state index in [9.17, 15) is 9.59 Å². The van der Waals surface area contributed by atoms with E-state index in [0.29, 0.717) is 17.5 Å². The van der Waals surface area contributed by atoms with Crippen molar-refractivity contribution in [2.45, 2.75) is 31.7 Å². The molecule has 1 atom stereocenters. The summed E-state index contributed by atoms with van der Waals surface area (Å²) in [5.74, 6) is 0.576. The van der Waals surface area contributed by atoms with Gasteiger partial charge in [-0.05, 0) is 39.3 Å². The number of nitrogens with zero attached hydrogens (tertiary/aromatic N) is 6. The first kappa shape index (κ1) is 20.3. The fourth-order valence-electron chi connectivity index (χ4n) is 4.97. The zero-order valence-corrected chi connectivity index (χ0v) is 17.8. The first-order chi connectivity index (χ1) is 14.0. The summed E-state index contributed by atoms with van der Waals surface area (Å²) in [5, 5.41) is 4.11. The molecule has 2 amide bonds. The van der Waals surface area contributed by atoms with Gasteiger partial charge < -0.3 is 14.7 Å². The van der Waals surface area contributed by atoms with Gasteiger partial charge in [0.1, 0.15) is 0 Å². The lowest BCUT2D eigenvalue weighted by molar-refractivity contribution is -0.139. The quantitative estimate of drug-likeness (QED) is 0.737. The molecule has 3 aliphatic heterocycles. The molecular weight excluding hydrogens is 368 g/mol. The van der Waals surface area contributed by atoms with E-state index in [2.05, 4.69) is 26.8 Å². The molecule has 29 heavy (non-hydrogen) atoms. The van der Waals surface area contributed by atoms with Crippen molar-refractivity contribution in [1.29, 1.82) is 0 Å². The molecule has 0 bridgehead atoms. The molecule has 0 saturated carbocycles. The smallest absolute Gasteiger partial charge is 0.257 e. The van der Waals surface area contributed by atoms with Crippen LogP contribution in [0.4, 0.5) is 0 Å². The molecule has 4 rings (SSSR count). The van der Waals surface area contributed by atoms with Crippen molar-refractivity contribution >= 4 is 11.8 Å². The molecule has 160 valence electrons. The summed E-state index contributed by atoms with van der Waals surface area (Å²) in [5.41, 5.74) is 0.668. The first-order valence-corrected chi connectivity index (χ1v) is 11.0. The third-order valence-electron chi connectivity index (χ3n) is 6.84. The third kappa shape index (κ3) is 4.64. The van der Waals surface area contributed by atoms with Crippen LogP contribution in [-0.4, -0.2) is 107 Å². The van der Waals surface area contributed by atoms with E-state index in [1.54, 1.807) is 17.1 Å². The minimum Gasteiger partial charge on any atom is -0.340 e. The Morgan fingerprint density at radius 3 is 2.31 bits per heavy atom. The number of hydrogen-bond acceptors (Lipinski definition) is 5. The monoisotopic (exact) mass is 402 g/mol. The van der Waals surface area contributed by atoms with E-state index in [0.717, 1.165) is 78.0 Å². The van der Waals surface area contributed by atoms with E-state index in [1.165, 1.54) is 0 Å². The summed E-state index contributed by atoms with van der Waals surface area (Å²) >= 11 is 0. The molecule has 0 aliphatic carbocycles. The summed E-state index contributed by atoms with van der Waals surface area (Å²) in [4.78, 5) is 34.5. The van der Waals surface area contributed by atoms with Crippen molar-refractivity contribution in [2.75, 3.05) is 59.4 Å². The van der Waals surface area contributed by atoms with E-state index in [-0.39, 0.29) is 11.8 Å². The Kier molecular flexibility index (Phi) is 6.20. The van der Waals surface area contributed by atoms with Gasteiger partial charge in [0.15, 0.2) is 0 Å². The van der Waals surface area contributed by atoms with Crippen LogP contribution in [-0.2, 0) is 11.8 Å². The Morgan fingerprint density at radius 1 is 0.931 bits per heavy atom. The van der Waals surface area contributed by atoms with Crippen LogP contribution < -0.4 is 0 Å². The van der Waals surface area contributed by atoms with Gasteiger partial charge in [-0.2, -0.15) is 5.10 Å². The van der Waals surface area contributed by atoms with Crippen molar-refractivity contribution in [2.24, 2.45) is 13.0 Å². The topological polar surface area (TPSA) is 64.9 Å². The van der Waals surface area contributed by atoms with Crippen molar-refractivity contribution in [3.63, 3.8) is 0 Å². The number of piperazine rings is 1. The molecule has 8 heteroatoms. The molecule has 1 aromatic heterocycles. The fraction of sp³-hybridized carbons (Fsp3) is 0.762. The highest BCUT2D eigenvalue weighted by atomic mass is 16.2. The summed E-state index contributed by atoms with van der Waals surface area (Å²) in [6.07, 6.45) is 7.52. The average Bonchev–Trinajstić information content (AvgIpc) is 3.20. The van der Waals surface area contributed by atoms with Crippen LogP contribution >= 0.6 is 0 Å². The van der Waals surface area contributed by atoms with E-state index < -0.39 is 0 Å². The summed E-state index contributed by atoms with van der Waals surface area (Å²) in [7, 11) is 3.95. The number of likely N-dealkylation sites (tertiary alicyclic amines) is 2. The van der Waals surface area contributed by atoms with Gasteiger partial charge in [-0.25, -0.2) is 0 Å². The summed E-state index contributed by atoms with van der Waals surface area (Å²) < 4.78 is 1.67. The Labute approximate surface area is 173 Å². The van der Waals surface area contributed by atoms with Gasteiger partial charge in [0.2, 0.25) is 5.91 Å². The molecule has 0 spiro atoms. The Balaban J connectivity index is 1.28. The van der Waals surface area contributed by atoms with Crippen LogP contribution in [0.5, 0.6) is 0 Å². The van der Waals surface area contributed by atoms with Crippen LogP contribution in [0, 0.1) is 5.92 Å². The minimum absolute atomic E-state index is 0.0818. The van der Waals surface area contributed by atoms with Gasteiger partial charge in [-0.15, -0.1) is 0 Å². The van der Waals surface area contributed by atoms with Crippen LogP contribution in [0.3, 0.4) is 0 Å². The van der Waals surface area contributed by atoms with Gasteiger partial charge in [0.05, 0.1) is 17.7 Å². The van der Waals surface area contributed by atoms with Gasteiger partial charge >= 0.3 is 0 Å². The van der Waals surface area contributed by atoms with Crippen LogP contribution in [0.25, 0.3) is 0 Å². The van der Waals surface area contributed by atoms with E-state index in [1.807, 2.05) is 11.9 Å². The predicted octanol–water partition coefficient (Wildman–Crippen LogP) is 0.511. The lowest BCUT2D eigenvalue weighted by Gasteiger charge is -2.43. The summed E-state index contributed by atoms with van der Waals surface area (Å²) in [6, 6.07) is 0.482. The van der Waals surface area contributed by atoms with Gasteiger partial charge in [-0.3, -0.25) is 19.2 Å². The van der Waals surface area contributed by atoms with Gasteiger partial charge in [0, 0.05) is 65.1 Å². The van der Waals surface area contributed by atoms with Crippen LogP contribution in [0.1, 0.15) is 36.0 Å². The molecule has 3 saturated heterocycles. The maximum absolute atomic E-state index is 13.0. The SMILES string of the molecule is CN1CCN(C(=O)C2CCCN(C3CCN(C(=O)c4cnn(C)c4)CC3)C2)CC1. The normalized spacial score (nSPS) is 25.4. The molecule has 0 radical (unpaired) electrons. The largest absolute Gasteiger partial charge is 0.340 e. The number of aromatic nitrogens is 2. The Morgan fingerprint density at radius 2 is 1.66 bits per heavy atom. The standard InChI is InChI=1S/C21H34N6O2/c1-23-10-12-26(13-11-23)20(28)17-4-3-7-27(16-17)19-5-8-25(9-6-19)21(29)18-14-22-24(2)15-18/h14-15,17,19H,3-13,16H2,1-2H3. The molecule has 3 aliphatic rings. The highest BCUT2D eigenvalue weighted by Gasteiger charge is 2.34. The number of carbonyl (C=O) groups excluding carboxylic acids is 2. The molecular formula is C21H34N6O2. The van der Waals surface area contributed by atoms with Crippen LogP contribution in [0.15, 0.2) is 12.4 Å². The van der Waals surface area contributed by atoms with Gasteiger partial charge in [0.25, 0.3) is 5.91 Å². The second-order valence-corrected chi connectivity index (χ2v) is 8.89. The zero-order chi connectivity index (χ0) is 20.4.